The molecule has 0 unspecified atom stereocenters. The zero-order valence-corrected chi connectivity index (χ0v) is 13.8. The molecule has 0 fully saturated rings. The van der Waals surface area contributed by atoms with Crippen LogP contribution in [0, 0.1) is 0 Å². The van der Waals surface area contributed by atoms with Gasteiger partial charge < -0.3 is 0 Å². The molecule has 0 amide bonds. The lowest BCUT2D eigenvalue weighted by molar-refractivity contribution is 0.715. The predicted octanol–water partition coefficient (Wildman–Crippen LogP) is 4.12. The Morgan fingerprint density at radius 2 is 1.36 bits per heavy atom. The van der Waals surface area contributed by atoms with E-state index >= 15 is 0 Å². The lowest BCUT2D eigenvalue weighted by atomic mass is 9.92. The monoisotopic (exact) mass is 324 g/mol. The molecule has 0 radical (unpaired) electrons. The highest BCUT2D eigenvalue weighted by Crippen LogP contribution is 2.43. The van der Waals surface area contributed by atoms with Gasteiger partial charge >= 0.3 is 0 Å². The summed E-state index contributed by atoms with van der Waals surface area (Å²) in [7, 11) is 1.87. The smallest absolute Gasteiger partial charge is 0.182 e. The molecule has 4 heteroatoms. The van der Waals surface area contributed by atoms with Crippen LogP contribution in [0.1, 0.15) is 11.1 Å². The van der Waals surface area contributed by atoms with Gasteiger partial charge in [-0.1, -0.05) is 66.7 Å². The summed E-state index contributed by atoms with van der Waals surface area (Å²) in [5, 5.41) is 12.0. The highest BCUT2D eigenvalue weighted by Gasteiger charge is 2.22. The van der Waals surface area contributed by atoms with Crippen LogP contribution in [0.5, 0.6) is 0 Å². The lowest BCUT2D eigenvalue weighted by Gasteiger charge is -2.13. The zero-order valence-electron chi connectivity index (χ0n) is 13.8. The molecule has 0 bridgehead atoms. The standard InChI is InChI=1S/C21H16N4/c1-25-21(22-23-24-25)19-10-5-4-9-17(19)18-12-6-11-16-15-8-3-2-7-14(15)13-20(16)18/h2-12H,13H2,1H3. The van der Waals surface area contributed by atoms with E-state index in [0.717, 1.165) is 17.8 Å². The topological polar surface area (TPSA) is 43.6 Å². The first kappa shape index (κ1) is 14.1. The van der Waals surface area contributed by atoms with Crippen LogP contribution in [0.3, 0.4) is 0 Å². The van der Waals surface area contributed by atoms with Crippen LogP contribution < -0.4 is 0 Å². The first-order chi connectivity index (χ1) is 12.3. The minimum Gasteiger partial charge on any atom is -0.229 e. The summed E-state index contributed by atoms with van der Waals surface area (Å²) < 4.78 is 1.72. The van der Waals surface area contributed by atoms with E-state index in [9.17, 15) is 0 Å². The molecule has 4 aromatic rings. The quantitative estimate of drug-likeness (QED) is 0.491. The third-order valence-electron chi connectivity index (χ3n) is 4.93. The van der Waals surface area contributed by atoms with Crippen molar-refractivity contribution in [3.63, 3.8) is 0 Å². The summed E-state index contributed by atoms with van der Waals surface area (Å²) in [5.74, 6) is 0.781. The summed E-state index contributed by atoms with van der Waals surface area (Å²) in [6, 6.07) is 23.6. The van der Waals surface area contributed by atoms with Crippen LogP contribution in [-0.4, -0.2) is 20.2 Å². The maximum Gasteiger partial charge on any atom is 0.182 e. The Morgan fingerprint density at radius 3 is 2.12 bits per heavy atom. The largest absolute Gasteiger partial charge is 0.229 e. The van der Waals surface area contributed by atoms with Crippen molar-refractivity contribution < 1.29 is 0 Å². The van der Waals surface area contributed by atoms with Crippen LogP contribution in [0.2, 0.25) is 0 Å². The van der Waals surface area contributed by atoms with Gasteiger partial charge in [-0.25, -0.2) is 4.68 Å². The van der Waals surface area contributed by atoms with E-state index in [1.54, 1.807) is 4.68 Å². The predicted molar refractivity (Wildman–Crippen MR) is 97.9 cm³/mol. The molecular formula is C21H16N4. The first-order valence-corrected chi connectivity index (χ1v) is 8.35. The van der Waals surface area contributed by atoms with Gasteiger partial charge in [0.15, 0.2) is 5.82 Å². The minimum atomic E-state index is 0.781. The summed E-state index contributed by atoms with van der Waals surface area (Å²) in [4.78, 5) is 0. The molecule has 1 aliphatic carbocycles. The van der Waals surface area contributed by atoms with Crippen LogP contribution in [0.25, 0.3) is 33.6 Å². The number of benzene rings is 3. The zero-order chi connectivity index (χ0) is 16.8. The molecular weight excluding hydrogens is 308 g/mol. The van der Waals surface area contributed by atoms with Crippen molar-refractivity contribution in [2.45, 2.75) is 6.42 Å². The Morgan fingerprint density at radius 1 is 0.720 bits per heavy atom. The number of nitrogens with zero attached hydrogens (tertiary/aromatic N) is 4. The van der Waals surface area contributed by atoms with Crippen LogP contribution in [0.4, 0.5) is 0 Å². The minimum absolute atomic E-state index is 0.781. The van der Waals surface area contributed by atoms with Gasteiger partial charge in [0.25, 0.3) is 0 Å². The second-order valence-corrected chi connectivity index (χ2v) is 6.34. The third kappa shape index (κ3) is 2.11. The molecule has 5 rings (SSSR count). The molecule has 0 saturated carbocycles. The Bertz CT molecular complexity index is 1090. The number of tetrazole rings is 1. The molecule has 0 N–H and O–H groups in total. The molecule has 120 valence electrons. The van der Waals surface area contributed by atoms with Gasteiger partial charge in [-0.2, -0.15) is 0 Å². The maximum absolute atomic E-state index is 4.21. The number of hydrogen-bond donors (Lipinski definition) is 0. The Labute approximate surface area is 145 Å². The molecule has 0 atom stereocenters. The number of rotatable bonds is 2. The summed E-state index contributed by atoms with van der Waals surface area (Å²) in [6.07, 6.45) is 0.965. The Balaban J connectivity index is 1.74. The van der Waals surface area contributed by atoms with Gasteiger partial charge in [0.2, 0.25) is 0 Å². The van der Waals surface area contributed by atoms with E-state index in [1.807, 2.05) is 13.1 Å². The van der Waals surface area contributed by atoms with Crippen molar-refractivity contribution in [3.8, 4) is 33.6 Å². The van der Waals surface area contributed by atoms with Gasteiger partial charge in [0.1, 0.15) is 0 Å². The fraction of sp³-hybridized carbons (Fsp3) is 0.0952. The normalized spacial score (nSPS) is 12.0. The van der Waals surface area contributed by atoms with Crippen LogP contribution >= 0.6 is 0 Å². The molecule has 0 spiro atoms. The average molecular weight is 324 g/mol. The number of hydrogen-bond acceptors (Lipinski definition) is 3. The molecule has 3 aromatic carbocycles. The Hall–Kier alpha value is -3.27. The number of aryl methyl sites for hydroxylation is 1. The fourth-order valence-corrected chi connectivity index (χ4v) is 3.78. The fourth-order valence-electron chi connectivity index (χ4n) is 3.78. The lowest BCUT2D eigenvalue weighted by Crippen LogP contribution is -1.97. The summed E-state index contributed by atoms with van der Waals surface area (Å²) in [5.41, 5.74) is 8.93. The second kappa shape index (κ2) is 5.38. The number of aromatic nitrogens is 4. The van der Waals surface area contributed by atoms with Crippen molar-refractivity contribution in [3.05, 3.63) is 77.9 Å². The van der Waals surface area contributed by atoms with E-state index < -0.39 is 0 Å². The summed E-state index contributed by atoms with van der Waals surface area (Å²) in [6.45, 7) is 0. The van der Waals surface area contributed by atoms with E-state index in [4.69, 9.17) is 0 Å². The SMILES string of the molecule is Cn1nnnc1-c1ccccc1-c1cccc2c1Cc1ccccc1-2. The van der Waals surface area contributed by atoms with Crippen molar-refractivity contribution in [1.29, 1.82) is 0 Å². The summed E-state index contributed by atoms with van der Waals surface area (Å²) >= 11 is 0. The van der Waals surface area contributed by atoms with E-state index in [0.29, 0.717) is 0 Å². The van der Waals surface area contributed by atoms with Crippen molar-refractivity contribution in [1.82, 2.24) is 20.2 Å². The first-order valence-electron chi connectivity index (χ1n) is 8.35. The van der Waals surface area contributed by atoms with Gasteiger partial charge in [-0.15, -0.1) is 5.10 Å². The van der Waals surface area contributed by atoms with Gasteiger partial charge in [0.05, 0.1) is 0 Å². The molecule has 25 heavy (non-hydrogen) atoms. The third-order valence-corrected chi connectivity index (χ3v) is 4.93. The Kier molecular flexibility index (Phi) is 3.04. The van der Waals surface area contributed by atoms with Crippen molar-refractivity contribution >= 4 is 0 Å². The maximum atomic E-state index is 4.21. The molecule has 1 heterocycles. The van der Waals surface area contributed by atoms with Gasteiger partial charge in [0, 0.05) is 12.6 Å². The second-order valence-electron chi connectivity index (χ2n) is 6.34. The molecule has 4 nitrogen and oxygen atoms in total. The highest BCUT2D eigenvalue weighted by atomic mass is 15.5. The highest BCUT2D eigenvalue weighted by molar-refractivity contribution is 5.89. The molecule has 0 saturated heterocycles. The van der Waals surface area contributed by atoms with Crippen molar-refractivity contribution in [2.24, 2.45) is 7.05 Å². The van der Waals surface area contributed by atoms with E-state index in [-0.39, 0.29) is 0 Å². The van der Waals surface area contributed by atoms with Crippen LogP contribution in [0.15, 0.2) is 66.7 Å². The van der Waals surface area contributed by atoms with E-state index in [1.165, 1.54) is 33.4 Å². The van der Waals surface area contributed by atoms with Crippen LogP contribution in [-0.2, 0) is 13.5 Å². The van der Waals surface area contributed by atoms with Crippen molar-refractivity contribution in [2.75, 3.05) is 0 Å². The van der Waals surface area contributed by atoms with Gasteiger partial charge in [-0.3, -0.25) is 0 Å². The van der Waals surface area contributed by atoms with Gasteiger partial charge in [-0.05, 0) is 50.2 Å². The molecule has 1 aliphatic rings. The number of fused-ring (bicyclic) bond motifs is 3. The molecule has 0 aliphatic heterocycles. The molecule has 1 aromatic heterocycles. The average Bonchev–Trinajstić information content (AvgIpc) is 3.25. The van der Waals surface area contributed by atoms with E-state index in [2.05, 4.69) is 76.2 Å².